The minimum Gasteiger partial charge on any atom is -0.497 e. The Morgan fingerprint density at radius 3 is 2.70 bits per heavy atom. The molecule has 0 spiro atoms. The third-order valence-electron chi connectivity index (χ3n) is 4.72. The molecule has 1 saturated heterocycles. The number of ether oxygens (including phenoxy) is 1. The summed E-state index contributed by atoms with van der Waals surface area (Å²) >= 11 is 0. The number of benzene rings is 2. The number of carbonyl (C=O) groups excluding carboxylic acids is 2. The summed E-state index contributed by atoms with van der Waals surface area (Å²) in [4.78, 5) is 26.8. The molecule has 0 radical (unpaired) electrons. The maximum atomic E-state index is 12.6. The highest BCUT2D eigenvalue weighted by Crippen LogP contribution is 2.21. The van der Waals surface area contributed by atoms with Crippen molar-refractivity contribution in [2.45, 2.75) is 32.4 Å². The first-order valence-corrected chi connectivity index (χ1v) is 9.12. The molecular formula is C21H25N3O3. The van der Waals surface area contributed by atoms with Gasteiger partial charge in [-0.25, -0.2) is 4.79 Å². The highest BCUT2D eigenvalue weighted by Gasteiger charge is 2.34. The lowest BCUT2D eigenvalue weighted by molar-refractivity contribution is -0.124. The molecule has 6 heteroatoms. The first-order chi connectivity index (χ1) is 13.1. The topological polar surface area (TPSA) is 70.7 Å². The summed E-state index contributed by atoms with van der Waals surface area (Å²) in [5.41, 5.74) is 2.87. The number of urea groups is 1. The van der Waals surface area contributed by atoms with Crippen LogP contribution in [0.3, 0.4) is 0 Å². The second kappa shape index (κ2) is 8.58. The molecule has 142 valence electrons. The van der Waals surface area contributed by atoms with Gasteiger partial charge in [0.2, 0.25) is 5.91 Å². The van der Waals surface area contributed by atoms with Crippen molar-refractivity contribution in [1.82, 2.24) is 10.2 Å². The van der Waals surface area contributed by atoms with Crippen molar-refractivity contribution >= 4 is 17.6 Å². The Balaban J connectivity index is 1.59. The fourth-order valence-electron chi connectivity index (χ4n) is 3.19. The molecule has 3 rings (SSSR count). The van der Waals surface area contributed by atoms with Crippen LogP contribution in [0.1, 0.15) is 24.0 Å². The highest BCUT2D eigenvalue weighted by molar-refractivity contribution is 5.94. The quantitative estimate of drug-likeness (QED) is 0.852. The first-order valence-electron chi connectivity index (χ1n) is 9.12. The van der Waals surface area contributed by atoms with Crippen LogP contribution in [-0.2, 0) is 11.3 Å². The zero-order valence-corrected chi connectivity index (χ0v) is 15.7. The summed E-state index contributed by atoms with van der Waals surface area (Å²) in [6, 6.07) is 14.5. The lowest BCUT2D eigenvalue weighted by Crippen LogP contribution is -2.47. The molecular weight excluding hydrogens is 342 g/mol. The average Bonchev–Trinajstić information content (AvgIpc) is 3.17. The van der Waals surface area contributed by atoms with E-state index in [1.807, 2.05) is 43.3 Å². The summed E-state index contributed by atoms with van der Waals surface area (Å²) in [5, 5.41) is 5.80. The van der Waals surface area contributed by atoms with Gasteiger partial charge in [-0.1, -0.05) is 35.9 Å². The van der Waals surface area contributed by atoms with Gasteiger partial charge in [0.1, 0.15) is 11.8 Å². The monoisotopic (exact) mass is 367 g/mol. The van der Waals surface area contributed by atoms with Crippen LogP contribution in [0.25, 0.3) is 0 Å². The van der Waals surface area contributed by atoms with Crippen molar-refractivity contribution in [1.29, 1.82) is 0 Å². The molecule has 2 N–H and O–H groups in total. The van der Waals surface area contributed by atoms with Gasteiger partial charge >= 0.3 is 6.03 Å². The summed E-state index contributed by atoms with van der Waals surface area (Å²) in [7, 11) is 1.58. The average molecular weight is 367 g/mol. The number of nitrogens with zero attached hydrogens (tertiary/aromatic N) is 1. The third-order valence-corrected chi connectivity index (χ3v) is 4.72. The number of hydrogen-bond acceptors (Lipinski definition) is 3. The first kappa shape index (κ1) is 18.8. The van der Waals surface area contributed by atoms with E-state index >= 15 is 0 Å². The number of amides is 3. The second-order valence-corrected chi connectivity index (χ2v) is 6.72. The minimum absolute atomic E-state index is 0.117. The van der Waals surface area contributed by atoms with Gasteiger partial charge in [-0.3, -0.25) is 4.79 Å². The van der Waals surface area contributed by atoms with E-state index in [9.17, 15) is 9.59 Å². The molecule has 6 nitrogen and oxygen atoms in total. The van der Waals surface area contributed by atoms with Gasteiger partial charge in [0.05, 0.1) is 7.11 Å². The third kappa shape index (κ3) is 4.78. The van der Waals surface area contributed by atoms with E-state index in [2.05, 4.69) is 10.6 Å². The van der Waals surface area contributed by atoms with Crippen LogP contribution in [0.4, 0.5) is 10.5 Å². The summed E-state index contributed by atoms with van der Waals surface area (Å²) in [6.07, 6.45) is 1.49. The van der Waals surface area contributed by atoms with Crippen molar-refractivity contribution in [2.24, 2.45) is 0 Å². The largest absolute Gasteiger partial charge is 0.497 e. The van der Waals surface area contributed by atoms with Crippen LogP contribution in [0, 0.1) is 6.92 Å². The number of rotatable bonds is 5. The van der Waals surface area contributed by atoms with Gasteiger partial charge in [0.15, 0.2) is 0 Å². The molecule has 1 atom stereocenters. The van der Waals surface area contributed by atoms with Gasteiger partial charge < -0.3 is 20.3 Å². The zero-order valence-electron chi connectivity index (χ0n) is 15.7. The normalized spacial score (nSPS) is 16.1. The van der Waals surface area contributed by atoms with Gasteiger partial charge in [0, 0.05) is 24.8 Å². The second-order valence-electron chi connectivity index (χ2n) is 6.72. The van der Waals surface area contributed by atoms with E-state index in [4.69, 9.17) is 4.74 Å². The molecule has 1 fully saturated rings. The van der Waals surface area contributed by atoms with Crippen LogP contribution in [0.5, 0.6) is 5.75 Å². The molecule has 2 aromatic rings. The van der Waals surface area contributed by atoms with Crippen molar-refractivity contribution in [3.05, 3.63) is 59.7 Å². The summed E-state index contributed by atoms with van der Waals surface area (Å²) in [6.45, 7) is 3.05. The van der Waals surface area contributed by atoms with Crippen LogP contribution in [0.15, 0.2) is 48.5 Å². The van der Waals surface area contributed by atoms with E-state index in [-0.39, 0.29) is 11.9 Å². The van der Waals surface area contributed by atoms with E-state index < -0.39 is 6.04 Å². The maximum Gasteiger partial charge on any atom is 0.322 e. The molecule has 2 aromatic carbocycles. The SMILES string of the molecule is COc1cccc(NC(=O)N2CCC[C@H]2C(=O)NCc2ccc(C)cc2)c1. The van der Waals surface area contributed by atoms with Crippen LogP contribution in [0.2, 0.25) is 0 Å². The minimum atomic E-state index is -0.443. The van der Waals surface area contributed by atoms with E-state index in [0.29, 0.717) is 30.9 Å². The summed E-state index contributed by atoms with van der Waals surface area (Å²) in [5.74, 6) is 0.551. The van der Waals surface area contributed by atoms with Crippen molar-refractivity contribution in [3.63, 3.8) is 0 Å². The molecule has 0 saturated carbocycles. The molecule has 0 bridgehead atoms. The molecule has 1 aliphatic rings. The number of aryl methyl sites for hydroxylation is 1. The molecule has 0 aromatic heterocycles. The van der Waals surface area contributed by atoms with E-state index in [0.717, 1.165) is 12.0 Å². The van der Waals surface area contributed by atoms with Gasteiger partial charge in [-0.15, -0.1) is 0 Å². The highest BCUT2D eigenvalue weighted by atomic mass is 16.5. The molecule has 0 aliphatic carbocycles. The Morgan fingerprint density at radius 1 is 1.19 bits per heavy atom. The fourth-order valence-corrected chi connectivity index (χ4v) is 3.19. The number of methoxy groups -OCH3 is 1. The van der Waals surface area contributed by atoms with Crippen LogP contribution < -0.4 is 15.4 Å². The number of anilines is 1. The Kier molecular flexibility index (Phi) is 5.96. The molecule has 3 amide bonds. The predicted octanol–water partition coefficient (Wildman–Crippen LogP) is 3.32. The predicted molar refractivity (Wildman–Crippen MR) is 105 cm³/mol. The molecule has 1 aliphatic heterocycles. The smallest absolute Gasteiger partial charge is 0.322 e. The maximum absolute atomic E-state index is 12.6. The van der Waals surface area contributed by atoms with Crippen LogP contribution >= 0.6 is 0 Å². The van der Waals surface area contributed by atoms with Crippen molar-refractivity contribution in [2.75, 3.05) is 19.0 Å². The number of likely N-dealkylation sites (tertiary alicyclic amines) is 1. The van der Waals surface area contributed by atoms with Gasteiger partial charge in [-0.05, 0) is 37.5 Å². The van der Waals surface area contributed by atoms with Crippen molar-refractivity contribution in [3.8, 4) is 5.75 Å². The number of hydrogen-bond donors (Lipinski definition) is 2. The Bertz CT molecular complexity index is 805. The fraction of sp³-hybridized carbons (Fsp3) is 0.333. The number of nitrogens with one attached hydrogen (secondary N) is 2. The Labute approximate surface area is 159 Å². The standard InChI is InChI=1S/C21H25N3O3/c1-15-8-10-16(11-9-15)14-22-20(25)19-7-4-12-24(19)21(26)23-17-5-3-6-18(13-17)27-2/h3,5-6,8-11,13,19H,4,7,12,14H2,1-2H3,(H,22,25)(H,23,26)/t19-/m0/s1. The molecule has 1 heterocycles. The lowest BCUT2D eigenvalue weighted by Gasteiger charge is -2.24. The summed E-state index contributed by atoms with van der Waals surface area (Å²) < 4.78 is 5.17. The Morgan fingerprint density at radius 2 is 1.96 bits per heavy atom. The lowest BCUT2D eigenvalue weighted by atomic mass is 10.1. The van der Waals surface area contributed by atoms with E-state index in [1.54, 1.807) is 24.1 Å². The van der Waals surface area contributed by atoms with E-state index in [1.165, 1.54) is 5.56 Å². The van der Waals surface area contributed by atoms with Crippen molar-refractivity contribution < 1.29 is 14.3 Å². The molecule has 0 unspecified atom stereocenters. The zero-order chi connectivity index (χ0) is 19.2. The Hall–Kier alpha value is -3.02. The van der Waals surface area contributed by atoms with Gasteiger partial charge in [-0.2, -0.15) is 0 Å². The molecule has 27 heavy (non-hydrogen) atoms. The van der Waals surface area contributed by atoms with Gasteiger partial charge in [0.25, 0.3) is 0 Å². The number of carbonyl (C=O) groups is 2. The van der Waals surface area contributed by atoms with Crippen LogP contribution in [-0.4, -0.2) is 36.5 Å².